The van der Waals surface area contributed by atoms with Gasteiger partial charge in [0.1, 0.15) is 11.9 Å². The molecule has 0 aromatic heterocycles. The summed E-state index contributed by atoms with van der Waals surface area (Å²) in [5.74, 6) is 0.842. The van der Waals surface area contributed by atoms with Gasteiger partial charge in [0.05, 0.1) is 0 Å². The smallest absolute Gasteiger partial charge is 0.136 e. The van der Waals surface area contributed by atoms with Crippen LogP contribution < -0.4 is 10.5 Å². The number of aryl methyl sites for hydroxylation is 1. The molecule has 3 heteroatoms. The van der Waals surface area contributed by atoms with Crippen LogP contribution in [0.15, 0.2) is 48.5 Å². The molecule has 0 heterocycles. The number of nitrogens with two attached hydrogens (primary N) is 1. The van der Waals surface area contributed by atoms with Gasteiger partial charge in [0, 0.05) is 11.6 Å². The Morgan fingerprint density at radius 1 is 1.16 bits per heavy atom. The lowest BCUT2D eigenvalue weighted by atomic mass is 10.1. The van der Waals surface area contributed by atoms with E-state index in [0.29, 0.717) is 11.6 Å². The predicted molar refractivity (Wildman–Crippen MR) is 79.7 cm³/mol. The quantitative estimate of drug-likeness (QED) is 0.896. The van der Waals surface area contributed by atoms with E-state index in [1.165, 1.54) is 5.56 Å². The standard InChI is InChI=1S/C16H18ClNO/c1-2-12-5-3-8-15(9-12)19-16(11-18)13-6-4-7-14(17)10-13/h3-10,16H,2,11,18H2,1H3. The maximum atomic E-state index is 6.00. The molecular weight excluding hydrogens is 258 g/mol. The van der Waals surface area contributed by atoms with Crippen molar-refractivity contribution >= 4 is 11.6 Å². The van der Waals surface area contributed by atoms with Crippen molar-refractivity contribution in [3.8, 4) is 5.75 Å². The van der Waals surface area contributed by atoms with Crippen LogP contribution in [0.4, 0.5) is 0 Å². The van der Waals surface area contributed by atoms with Crippen molar-refractivity contribution in [3.05, 3.63) is 64.7 Å². The molecule has 1 unspecified atom stereocenters. The molecule has 0 aliphatic rings. The zero-order valence-electron chi connectivity index (χ0n) is 11.0. The normalized spacial score (nSPS) is 12.2. The summed E-state index contributed by atoms with van der Waals surface area (Å²) >= 11 is 6.00. The van der Waals surface area contributed by atoms with Gasteiger partial charge >= 0.3 is 0 Å². The zero-order valence-corrected chi connectivity index (χ0v) is 11.7. The molecule has 1 atom stereocenters. The van der Waals surface area contributed by atoms with Gasteiger partial charge in [0.25, 0.3) is 0 Å². The number of hydrogen-bond acceptors (Lipinski definition) is 2. The van der Waals surface area contributed by atoms with Crippen LogP contribution in [0.1, 0.15) is 24.2 Å². The lowest BCUT2D eigenvalue weighted by molar-refractivity contribution is 0.214. The van der Waals surface area contributed by atoms with Gasteiger partial charge < -0.3 is 10.5 Å². The molecule has 0 spiro atoms. The van der Waals surface area contributed by atoms with E-state index in [1.54, 1.807) is 0 Å². The number of rotatable bonds is 5. The molecule has 0 saturated heterocycles. The van der Waals surface area contributed by atoms with E-state index in [-0.39, 0.29) is 6.10 Å². The monoisotopic (exact) mass is 275 g/mol. The molecule has 0 aliphatic heterocycles. The van der Waals surface area contributed by atoms with Crippen LogP contribution in [0.5, 0.6) is 5.75 Å². The van der Waals surface area contributed by atoms with Crippen LogP contribution in [0, 0.1) is 0 Å². The van der Waals surface area contributed by atoms with Gasteiger partial charge in [0.15, 0.2) is 0 Å². The molecule has 0 aliphatic carbocycles. The summed E-state index contributed by atoms with van der Waals surface area (Å²) < 4.78 is 5.96. The van der Waals surface area contributed by atoms with E-state index < -0.39 is 0 Å². The highest BCUT2D eigenvalue weighted by Crippen LogP contribution is 2.24. The maximum Gasteiger partial charge on any atom is 0.136 e. The molecule has 2 N–H and O–H groups in total. The van der Waals surface area contributed by atoms with E-state index in [2.05, 4.69) is 13.0 Å². The summed E-state index contributed by atoms with van der Waals surface area (Å²) in [6, 6.07) is 15.7. The number of benzene rings is 2. The second-order valence-electron chi connectivity index (χ2n) is 4.40. The Hall–Kier alpha value is -1.51. The summed E-state index contributed by atoms with van der Waals surface area (Å²) in [5.41, 5.74) is 8.05. The van der Waals surface area contributed by atoms with E-state index in [4.69, 9.17) is 22.1 Å². The lowest BCUT2D eigenvalue weighted by Gasteiger charge is -2.18. The molecule has 0 fully saturated rings. The average molecular weight is 276 g/mol. The van der Waals surface area contributed by atoms with Crippen LogP contribution in [0.2, 0.25) is 5.02 Å². The van der Waals surface area contributed by atoms with Gasteiger partial charge in [-0.1, -0.05) is 42.8 Å². The fourth-order valence-electron chi connectivity index (χ4n) is 1.96. The third-order valence-electron chi connectivity index (χ3n) is 3.02. The number of hydrogen-bond donors (Lipinski definition) is 1. The Morgan fingerprint density at radius 2 is 1.95 bits per heavy atom. The van der Waals surface area contributed by atoms with Crippen molar-refractivity contribution in [1.29, 1.82) is 0 Å². The minimum Gasteiger partial charge on any atom is -0.484 e. The maximum absolute atomic E-state index is 6.00. The minimum atomic E-state index is -0.175. The lowest BCUT2D eigenvalue weighted by Crippen LogP contribution is -2.18. The van der Waals surface area contributed by atoms with Crippen molar-refractivity contribution in [2.45, 2.75) is 19.4 Å². The van der Waals surface area contributed by atoms with Crippen molar-refractivity contribution in [2.24, 2.45) is 5.73 Å². The van der Waals surface area contributed by atoms with Gasteiger partial charge in [-0.25, -0.2) is 0 Å². The van der Waals surface area contributed by atoms with Gasteiger partial charge in [0.2, 0.25) is 0 Å². The van der Waals surface area contributed by atoms with Crippen LogP contribution in [0.3, 0.4) is 0 Å². The minimum absolute atomic E-state index is 0.175. The Bertz CT molecular complexity index is 542. The van der Waals surface area contributed by atoms with E-state index in [0.717, 1.165) is 17.7 Å². The van der Waals surface area contributed by atoms with Gasteiger partial charge in [-0.3, -0.25) is 0 Å². The molecule has 2 aromatic rings. The largest absolute Gasteiger partial charge is 0.484 e. The number of halogens is 1. The third-order valence-corrected chi connectivity index (χ3v) is 3.25. The molecule has 2 rings (SSSR count). The molecule has 2 nitrogen and oxygen atoms in total. The molecule has 2 aromatic carbocycles. The van der Waals surface area contributed by atoms with Crippen LogP contribution in [0.25, 0.3) is 0 Å². The van der Waals surface area contributed by atoms with Gasteiger partial charge in [-0.15, -0.1) is 0 Å². The molecule has 0 amide bonds. The Kier molecular flexibility index (Phi) is 4.83. The van der Waals surface area contributed by atoms with Crippen LogP contribution in [-0.2, 0) is 6.42 Å². The molecule has 0 bridgehead atoms. The first-order valence-electron chi connectivity index (χ1n) is 6.44. The number of ether oxygens (including phenoxy) is 1. The Morgan fingerprint density at radius 3 is 2.63 bits per heavy atom. The first kappa shape index (κ1) is 13.9. The van der Waals surface area contributed by atoms with Crippen LogP contribution in [-0.4, -0.2) is 6.54 Å². The topological polar surface area (TPSA) is 35.2 Å². The summed E-state index contributed by atoms with van der Waals surface area (Å²) in [5, 5.41) is 0.696. The van der Waals surface area contributed by atoms with Gasteiger partial charge in [-0.05, 0) is 41.8 Å². The Labute approximate surface area is 119 Å². The van der Waals surface area contributed by atoms with E-state index in [1.807, 2.05) is 42.5 Å². The van der Waals surface area contributed by atoms with Crippen molar-refractivity contribution in [2.75, 3.05) is 6.54 Å². The van der Waals surface area contributed by atoms with Crippen molar-refractivity contribution in [3.63, 3.8) is 0 Å². The molecule has 100 valence electrons. The summed E-state index contributed by atoms with van der Waals surface area (Å²) in [6.45, 7) is 2.53. The fourth-order valence-corrected chi connectivity index (χ4v) is 2.16. The third kappa shape index (κ3) is 3.72. The van der Waals surface area contributed by atoms with Crippen molar-refractivity contribution in [1.82, 2.24) is 0 Å². The highest BCUT2D eigenvalue weighted by Gasteiger charge is 2.12. The first-order chi connectivity index (χ1) is 9.22. The van der Waals surface area contributed by atoms with E-state index >= 15 is 0 Å². The molecule has 0 saturated carbocycles. The van der Waals surface area contributed by atoms with Gasteiger partial charge in [-0.2, -0.15) is 0 Å². The first-order valence-corrected chi connectivity index (χ1v) is 6.82. The summed E-state index contributed by atoms with van der Waals surface area (Å²) in [6.07, 6.45) is 0.813. The SMILES string of the molecule is CCc1cccc(OC(CN)c2cccc(Cl)c2)c1. The van der Waals surface area contributed by atoms with E-state index in [9.17, 15) is 0 Å². The highest BCUT2D eigenvalue weighted by atomic mass is 35.5. The molecule has 0 radical (unpaired) electrons. The summed E-state index contributed by atoms with van der Waals surface area (Å²) in [7, 11) is 0. The van der Waals surface area contributed by atoms with Crippen LogP contribution >= 0.6 is 11.6 Å². The summed E-state index contributed by atoms with van der Waals surface area (Å²) in [4.78, 5) is 0. The zero-order chi connectivity index (χ0) is 13.7. The predicted octanol–water partition coefficient (Wildman–Crippen LogP) is 3.98. The average Bonchev–Trinajstić information content (AvgIpc) is 2.45. The second kappa shape index (κ2) is 6.60. The molecule has 19 heavy (non-hydrogen) atoms. The fraction of sp³-hybridized carbons (Fsp3) is 0.250. The van der Waals surface area contributed by atoms with Crippen molar-refractivity contribution < 1.29 is 4.74 Å². The highest BCUT2D eigenvalue weighted by molar-refractivity contribution is 6.30. The molecular formula is C16H18ClNO. The second-order valence-corrected chi connectivity index (χ2v) is 4.83. The Balaban J connectivity index is 2.18.